The summed E-state index contributed by atoms with van der Waals surface area (Å²) in [6.07, 6.45) is 1.75. The number of carboxylic acid groups (broad SMARTS) is 1. The zero-order valence-electron chi connectivity index (χ0n) is 8.47. The molecule has 1 amide bonds. The van der Waals surface area contributed by atoms with Gasteiger partial charge in [0.25, 0.3) is 5.24 Å². The molecule has 6 heteroatoms. The molecule has 0 bridgehead atoms. The fourth-order valence-electron chi connectivity index (χ4n) is 1.29. The van der Waals surface area contributed by atoms with E-state index in [0.29, 0.717) is 9.89 Å². The van der Waals surface area contributed by atoms with E-state index < -0.39 is 5.97 Å². The zero-order chi connectivity index (χ0) is 12.4. The summed E-state index contributed by atoms with van der Waals surface area (Å²) in [7, 11) is 0. The van der Waals surface area contributed by atoms with E-state index in [1.807, 2.05) is 0 Å². The van der Waals surface area contributed by atoms with Crippen LogP contribution in [0.4, 0.5) is 4.79 Å². The van der Waals surface area contributed by atoms with Crippen LogP contribution in [0.2, 0.25) is 0 Å². The molecule has 0 aliphatic carbocycles. The van der Waals surface area contributed by atoms with Crippen molar-refractivity contribution in [3.8, 4) is 0 Å². The average Bonchev–Trinajstić information content (AvgIpc) is 2.58. The molecule has 1 heterocycles. The van der Waals surface area contributed by atoms with Crippen molar-refractivity contribution in [2.24, 2.45) is 0 Å². The molecule has 2 rings (SSSR count). The minimum Gasteiger partial charge on any atom is -0.478 e. The molecule has 0 atom stereocenters. The molecule has 1 aromatic rings. The maximum Gasteiger partial charge on any atom is 0.335 e. The monoisotopic (exact) mass is 265 g/mol. The van der Waals surface area contributed by atoms with Crippen molar-refractivity contribution < 1.29 is 14.7 Å². The van der Waals surface area contributed by atoms with Gasteiger partial charge in [-0.1, -0.05) is 24.4 Å². The third-order valence-electron chi connectivity index (χ3n) is 2.10. The van der Waals surface area contributed by atoms with E-state index in [9.17, 15) is 9.59 Å². The van der Waals surface area contributed by atoms with Gasteiger partial charge < -0.3 is 10.4 Å². The van der Waals surface area contributed by atoms with Gasteiger partial charge in [0.05, 0.1) is 10.5 Å². The molecule has 1 aliphatic heterocycles. The lowest BCUT2D eigenvalue weighted by atomic mass is 10.1. The van der Waals surface area contributed by atoms with Crippen molar-refractivity contribution in [2.45, 2.75) is 0 Å². The Labute approximate surface area is 107 Å². The predicted octanol–water partition coefficient (Wildman–Crippen LogP) is 2.51. The molecule has 0 spiro atoms. The molecule has 1 saturated heterocycles. The second-order valence-electron chi connectivity index (χ2n) is 3.28. The number of aromatic carboxylic acids is 1. The van der Waals surface area contributed by atoms with E-state index in [0.717, 1.165) is 17.3 Å². The van der Waals surface area contributed by atoms with Crippen LogP contribution in [0.1, 0.15) is 15.9 Å². The van der Waals surface area contributed by atoms with Crippen LogP contribution >= 0.6 is 24.0 Å². The van der Waals surface area contributed by atoms with Crippen LogP contribution in [0.15, 0.2) is 29.2 Å². The van der Waals surface area contributed by atoms with E-state index in [1.54, 1.807) is 18.2 Å². The highest BCUT2D eigenvalue weighted by Crippen LogP contribution is 2.26. The summed E-state index contributed by atoms with van der Waals surface area (Å²) in [5.41, 5.74) is 1.03. The van der Waals surface area contributed by atoms with Gasteiger partial charge in [0.2, 0.25) is 0 Å². The van der Waals surface area contributed by atoms with Gasteiger partial charge in [-0.05, 0) is 35.5 Å². The number of amides is 1. The molecule has 0 saturated carbocycles. The van der Waals surface area contributed by atoms with Crippen LogP contribution < -0.4 is 5.32 Å². The molecular weight excluding hydrogens is 258 g/mol. The molecule has 17 heavy (non-hydrogen) atoms. The summed E-state index contributed by atoms with van der Waals surface area (Å²) < 4.78 is 0. The van der Waals surface area contributed by atoms with E-state index in [1.165, 1.54) is 12.1 Å². The Kier molecular flexibility index (Phi) is 3.26. The predicted molar refractivity (Wildman–Crippen MR) is 70.1 cm³/mol. The number of thiocarbonyl (C=S) groups is 1. The molecule has 1 aromatic carbocycles. The molecule has 1 fully saturated rings. The number of carbonyl (C=O) groups excluding carboxylic acids is 1. The Morgan fingerprint density at radius 1 is 1.35 bits per heavy atom. The van der Waals surface area contributed by atoms with Crippen LogP contribution in [0.25, 0.3) is 6.08 Å². The number of carbonyl (C=O) groups is 2. The molecule has 1 aliphatic rings. The first-order valence-electron chi connectivity index (χ1n) is 4.64. The van der Waals surface area contributed by atoms with E-state index in [4.69, 9.17) is 17.3 Å². The minimum atomic E-state index is -0.966. The Morgan fingerprint density at radius 3 is 2.47 bits per heavy atom. The summed E-state index contributed by atoms with van der Waals surface area (Å²) in [4.78, 5) is 22.8. The van der Waals surface area contributed by atoms with Gasteiger partial charge in [0.1, 0.15) is 4.99 Å². The van der Waals surface area contributed by atoms with Crippen LogP contribution in [0, 0.1) is 0 Å². The summed E-state index contributed by atoms with van der Waals surface area (Å²) in [6, 6.07) is 6.35. The lowest BCUT2D eigenvalue weighted by molar-refractivity contribution is 0.0697. The Morgan fingerprint density at radius 2 is 2.00 bits per heavy atom. The second kappa shape index (κ2) is 4.68. The maximum absolute atomic E-state index is 11.0. The Bertz CT molecular complexity index is 534. The second-order valence-corrected chi connectivity index (χ2v) is 4.70. The first-order valence-corrected chi connectivity index (χ1v) is 5.87. The van der Waals surface area contributed by atoms with Gasteiger partial charge in [0, 0.05) is 0 Å². The maximum atomic E-state index is 11.0. The average molecular weight is 265 g/mol. The van der Waals surface area contributed by atoms with Crippen molar-refractivity contribution in [3.63, 3.8) is 0 Å². The van der Waals surface area contributed by atoms with Gasteiger partial charge in [0.15, 0.2) is 0 Å². The smallest absolute Gasteiger partial charge is 0.335 e. The Balaban J connectivity index is 2.24. The molecule has 86 valence electrons. The lowest BCUT2D eigenvalue weighted by Crippen LogP contribution is -2.15. The van der Waals surface area contributed by atoms with Gasteiger partial charge in [-0.25, -0.2) is 4.79 Å². The van der Waals surface area contributed by atoms with E-state index in [2.05, 4.69) is 5.32 Å². The number of hydrogen-bond donors (Lipinski definition) is 2. The summed E-state index contributed by atoms with van der Waals surface area (Å²) in [5.74, 6) is -0.966. The number of thioether (sulfide) groups is 1. The number of nitrogens with one attached hydrogen (secondary N) is 1. The van der Waals surface area contributed by atoms with Gasteiger partial charge in [-0.2, -0.15) is 0 Å². The molecule has 0 aromatic heterocycles. The van der Waals surface area contributed by atoms with Crippen LogP contribution in [-0.4, -0.2) is 21.3 Å². The molecule has 0 radical (unpaired) electrons. The normalized spacial score (nSPS) is 17.3. The highest BCUT2D eigenvalue weighted by atomic mass is 32.2. The van der Waals surface area contributed by atoms with Crippen LogP contribution in [-0.2, 0) is 0 Å². The largest absolute Gasteiger partial charge is 0.478 e. The first kappa shape index (κ1) is 11.8. The van der Waals surface area contributed by atoms with Crippen molar-refractivity contribution in [2.75, 3.05) is 0 Å². The van der Waals surface area contributed by atoms with Crippen LogP contribution in [0.3, 0.4) is 0 Å². The van der Waals surface area contributed by atoms with Crippen LogP contribution in [0.5, 0.6) is 0 Å². The topological polar surface area (TPSA) is 66.4 Å². The SMILES string of the molecule is O=C1NC(=S)C(=Cc2ccc(C(=O)O)cc2)S1. The molecule has 2 N–H and O–H groups in total. The fourth-order valence-corrected chi connectivity index (χ4v) is 2.33. The lowest BCUT2D eigenvalue weighted by Gasteiger charge is -1.97. The minimum absolute atomic E-state index is 0.191. The van der Waals surface area contributed by atoms with E-state index in [-0.39, 0.29) is 10.8 Å². The number of hydrogen-bond acceptors (Lipinski definition) is 4. The molecule has 4 nitrogen and oxygen atoms in total. The molecule has 0 unspecified atom stereocenters. The van der Waals surface area contributed by atoms with Gasteiger partial charge in [-0.3, -0.25) is 4.79 Å². The fraction of sp³-hybridized carbons (Fsp3) is 0. The van der Waals surface area contributed by atoms with Gasteiger partial charge in [-0.15, -0.1) is 0 Å². The third kappa shape index (κ3) is 2.72. The summed E-state index contributed by atoms with van der Waals surface area (Å²) >= 11 is 6.00. The Hall–Kier alpha value is -1.66. The third-order valence-corrected chi connectivity index (χ3v) is 3.38. The van der Waals surface area contributed by atoms with E-state index >= 15 is 0 Å². The van der Waals surface area contributed by atoms with Crippen molar-refractivity contribution in [3.05, 3.63) is 40.3 Å². The zero-order valence-corrected chi connectivity index (χ0v) is 10.1. The van der Waals surface area contributed by atoms with Crippen molar-refractivity contribution in [1.82, 2.24) is 5.32 Å². The summed E-state index contributed by atoms with van der Waals surface area (Å²) in [5, 5.41) is 11.1. The standard InChI is InChI=1S/C11H7NO3S2/c13-10(14)7-3-1-6(2-4-7)5-8-9(16)12-11(15)17-8/h1-5H,(H,13,14)(H,12,15,16). The quantitative estimate of drug-likeness (QED) is 0.635. The highest BCUT2D eigenvalue weighted by molar-refractivity contribution is 8.19. The number of rotatable bonds is 2. The highest BCUT2D eigenvalue weighted by Gasteiger charge is 2.21. The summed E-state index contributed by atoms with van der Waals surface area (Å²) in [6.45, 7) is 0. The number of carboxylic acids is 1. The first-order chi connectivity index (χ1) is 8.06. The van der Waals surface area contributed by atoms with Crippen molar-refractivity contribution in [1.29, 1.82) is 0 Å². The number of benzene rings is 1. The molecular formula is C11H7NO3S2. The van der Waals surface area contributed by atoms with Crippen molar-refractivity contribution >= 4 is 46.3 Å². The van der Waals surface area contributed by atoms with Gasteiger partial charge >= 0.3 is 5.97 Å².